The smallest absolute Gasteiger partial charge is 0.142 e. The van der Waals surface area contributed by atoms with Gasteiger partial charge in [0.2, 0.25) is 0 Å². The highest BCUT2D eigenvalue weighted by molar-refractivity contribution is 6.35. The van der Waals surface area contributed by atoms with E-state index >= 15 is 0 Å². The molecule has 0 fully saturated rings. The van der Waals surface area contributed by atoms with Crippen LogP contribution in [0.4, 0.5) is 4.39 Å². The summed E-state index contributed by atoms with van der Waals surface area (Å²) in [5.74, 6) is -0.370. The summed E-state index contributed by atoms with van der Waals surface area (Å²) in [6.45, 7) is 0. The molecule has 0 bridgehead atoms. The van der Waals surface area contributed by atoms with Crippen LogP contribution in [0.1, 0.15) is 5.69 Å². The maximum Gasteiger partial charge on any atom is 0.142 e. The molecule has 0 atom stereocenters. The van der Waals surface area contributed by atoms with Crippen molar-refractivity contribution >= 4 is 22.5 Å². The van der Waals surface area contributed by atoms with Gasteiger partial charge in [-0.15, -0.1) is 0 Å². The van der Waals surface area contributed by atoms with E-state index in [-0.39, 0.29) is 11.5 Å². The van der Waals surface area contributed by atoms with Crippen molar-refractivity contribution in [2.24, 2.45) is 0 Å². The number of fused-ring (bicyclic) bond motifs is 1. The number of pyridine rings is 1. The topological polar surface area (TPSA) is 36.7 Å². The van der Waals surface area contributed by atoms with Gasteiger partial charge in [0.05, 0.1) is 10.5 Å². The van der Waals surface area contributed by atoms with E-state index in [1.165, 1.54) is 24.3 Å². The molecule has 0 aliphatic carbocycles. The number of halogens is 2. The number of rotatable bonds is 0. The molecule has 0 saturated heterocycles. The molecule has 1 aromatic heterocycles. The number of aromatic nitrogens is 1. The Morgan fingerprint density at radius 1 is 1.36 bits per heavy atom. The summed E-state index contributed by atoms with van der Waals surface area (Å²) in [6.07, 6.45) is 0. The van der Waals surface area contributed by atoms with E-state index in [4.69, 9.17) is 16.9 Å². The lowest BCUT2D eigenvalue weighted by atomic mass is 10.2. The first-order valence-corrected chi connectivity index (χ1v) is 4.24. The Bertz CT molecular complexity index is 546. The highest BCUT2D eigenvalue weighted by Crippen LogP contribution is 2.23. The zero-order chi connectivity index (χ0) is 10.1. The Morgan fingerprint density at radius 2 is 2.14 bits per heavy atom. The summed E-state index contributed by atoms with van der Waals surface area (Å²) < 4.78 is 12.8. The van der Waals surface area contributed by atoms with Crippen LogP contribution < -0.4 is 0 Å². The standard InChI is InChI=1S/C10H4ClFN2/c11-9-4-7(5-13)14-10-2-1-6(12)3-8(9)10/h1-4H. The summed E-state index contributed by atoms with van der Waals surface area (Å²) in [4.78, 5) is 3.98. The zero-order valence-corrected chi connectivity index (χ0v) is 7.72. The summed E-state index contributed by atoms with van der Waals surface area (Å²) >= 11 is 5.86. The number of nitriles is 1. The number of benzene rings is 1. The van der Waals surface area contributed by atoms with Crippen molar-refractivity contribution in [1.82, 2.24) is 4.98 Å². The largest absolute Gasteiger partial charge is 0.237 e. The van der Waals surface area contributed by atoms with E-state index in [0.717, 1.165) is 0 Å². The maximum atomic E-state index is 12.8. The second-order valence-corrected chi connectivity index (χ2v) is 3.17. The molecule has 4 heteroatoms. The lowest BCUT2D eigenvalue weighted by Crippen LogP contribution is -1.86. The Kier molecular flexibility index (Phi) is 2.06. The average Bonchev–Trinajstić information content (AvgIpc) is 2.19. The molecule has 0 spiro atoms. The quantitative estimate of drug-likeness (QED) is 0.665. The van der Waals surface area contributed by atoms with Crippen molar-refractivity contribution in [2.75, 3.05) is 0 Å². The van der Waals surface area contributed by atoms with Gasteiger partial charge in [-0.3, -0.25) is 0 Å². The molecule has 1 aromatic carbocycles. The van der Waals surface area contributed by atoms with Gasteiger partial charge in [0.25, 0.3) is 0 Å². The van der Waals surface area contributed by atoms with Crippen molar-refractivity contribution in [3.63, 3.8) is 0 Å². The third-order valence-electron chi connectivity index (χ3n) is 1.83. The van der Waals surface area contributed by atoms with Gasteiger partial charge in [0, 0.05) is 5.39 Å². The van der Waals surface area contributed by atoms with E-state index in [1.54, 1.807) is 0 Å². The van der Waals surface area contributed by atoms with Crippen LogP contribution in [0.15, 0.2) is 24.3 Å². The molecule has 1 heterocycles. The molecule has 0 aliphatic rings. The zero-order valence-electron chi connectivity index (χ0n) is 6.96. The minimum Gasteiger partial charge on any atom is -0.237 e. The molecule has 0 radical (unpaired) electrons. The van der Waals surface area contributed by atoms with E-state index in [0.29, 0.717) is 15.9 Å². The predicted octanol–water partition coefficient (Wildman–Crippen LogP) is 2.90. The van der Waals surface area contributed by atoms with Crippen LogP contribution in [0.2, 0.25) is 5.02 Å². The van der Waals surface area contributed by atoms with Crippen LogP contribution in [-0.4, -0.2) is 4.98 Å². The molecule has 14 heavy (non-hydrogen) atoms. The van der Waals surface area contributed by atoms with Crippen LogP contribution in [0.5, 0.6) is 0 Å². The fourth-order valence-corrected chi connectivity index (χ4v) is 1.47. The van der Waals surface area contributed by atoms with E-state index in [9.17, 15) is 4.39 Å². The molecule has 2 aromatic rings. The van der Waals surface area contributed by atoms with Gasteiger partial charge >= 0.3 is 0 Å². The highest BCUT2D eigenvalue weighted by Gasteiger charge is 2.04. The molecule has 2 rings (SSSR count). The van der Waals surface area contributed by atoms with Gasteiger partial charge in [-0.25, -0.2) is 9.37 Å². The minimum atomic E-state index is -0.370. The Morgan fingerprint density at radius 3 is 2.86 bits per heavy atom. The Hall–Kier alpha value is -1.66. The van der Waals surface area contributed by atoms with E-state index in [2.05, 4.69) is 4.98 Å². The second-order valence-electron chi connectivity index (χ2n) is 2.76. The molecule has 0 unspecified atom stereocenters. The summed E-state index contributed by atoms with van der Waals surface area (Å²) in [6, 6.07) is 7.38. The third kappa shape index (κ3) is 1.40. The summed E-state index contributed by atoms with van der Waals surface area (Å²) in [5, 5.41) is 9.49. The van der Waals surface area contributed by atoms with Gasteiger partial charge in [0.15, 0.2) is 0 Å². The van der Waals surface area contributed by atoms with Gasteiger partial charge in [-0.1, -0.05) is 11.6 Å². The molecule has 2 nitrogen and oxygen atoms in total. The van der Waals surface area contributed by atoms with Crippen LogP contribution in [0.3, 0.4) is 0 Å². The van der Waals surface area contributed by atoms with Crippen molar-refractivity contribution in [2.45, 2.75) is 0 Å². The van der Waals surface area contributed by atoms with Crippen LogP contribution in [-0.2, 0) is 0 Å². The van der Waals surface area contributed by atoms with Crippen molar-refractivity contribution in [3.05, 3.63) is 40.8 Å². The normalized spacial score (nSPS) is 10.1. The highest BCUT2D eigenvalue weighted by atomic mass is 35.5. The second kappa shape index (κ2) is 3.24. The van der Waals surface area contributed by atoms with Crippen molar-refractivity contribution in [1.29, 1.82) is 5.26 Å². The van der Waals surface area contributed by atoms with E-state index in [1.807, 2.05) is 6.07 Å². The van der Waals surface area contributed by atoms with Crippen molar-refractivity contribution < 1.29 is 4.39 Å². The minimum absolute atomic E-state index is 0.231. The SMILES string of the molecule is N#Cc1cc(Cl)c2cc(F)ccc2n1. The van der Waals surface area contributed by atoms with Crippen LogP contribution in [0, 0.1) is 17.1 Å². The third-order valence-corrected chi connectivity index (χ3v) is 2.15. The molecule has 0 amide bonds. The lowest BCUT2D eigenvalue weighted by Gasteiger charge is -2.00. The molecule has 0 N–H and O–H groups in total. The average molecular weight is 207 g/mol. The van der Waals surface area contributed by atoms with E-state index < -0.39 is 0 Å². The molecular formula is C10H4ClFN2. The number of nitrogens with zero attached hydrogens (tertiary/aromatic N) is 2. The Balaban J connectivity index is 2.84. The number of hydrogen-bond donors (Lipinski definition) is 0. The molecule has 0 aliphatic heterocycles. The Labute approximate surface area is 84.6 Å². The first-order valence-electron chi connectivity index (χ1n) is 3.86. The van der Waals surface area contributed by atoms with Crippen molar-refractivity contribution in [3.8, 4) is 6.07 Å². The first-order chi connectivity index (χ1) is 6.70. The monoisotopic (exact) mass is 206 g/mol. The van der Waals surface area contributed by atoms with Gasteiger partial charge in [-0.2, -0.15) is 5.26 Å². The van der Waals surface area contributed by atoms with Gasteiger partial charge in [0.1, 0.15) is 17.6 Å². The predicted molar refractivity (Wildman–Crippen MR) is 51.4 cm³/mol. The fraction of sp³-hybridized carbons (Fsp3) is 0. The lowest BCUT2D eigenvalue weighted by molar-refractivity contribution is 0.629. The molecular weight excluding hydrogens is 203 g/mol. The summed E-state index contributed by atoms with van der Waals surface area (Å²) in [7, 11) is 0. The van der Waals surface area contributed by atoms with Crippen LogP contribution >= 0.6 is 11.6 Å². The molecule has 0 saturated carbocycles. The van der Waals surface area contributed by atoms with Crippen LogP contribution in [0.25, 0.3) is 10.9 Å². The maximum absolute atomic E-state index is 12.8. The number of hydrogen-bond acceptors (Lipinski definition) is 2. The van der Waals surface area contributed by atoms with Gasteiger partial charge in [-0.05, 0) is 24.3 Å². The fourth-order valence-electron chi connectivity index (χ4n) is 1.21. The molecule has 68 valence electrons. The summed E-state index contributed by atoms with van der Waals surface area (Å²) in [5.41, 5.74) is 0.754. The van der Waals surface area contributed by atoms with Gasteiger partial charge < -0.3 is 0 Å². The first kappa shape index (κ1) is 8.92.